The molecule has 1 atom stereocenters. The highest BCUT2D eigenvalue weighted by molar-refractivity contribution is 7.99. The highest BCUT2D eigenvalue weighted by Crippen LogP contribution is 2.29. The molecule has 2 aromatic carbocycles. The number of aromatic nitrogens is 3. The van der Waals surface area contributed by atoms with Crippen LogP contribution >= 0.6 is 23.4 Å². The minimum absolute atomic E-state index is 0.0831. The van der Waals surface area contributed by atoms with Gasteiger partial charge in [0.25, 0.3) is 0 Å². The van der Waals surface area contributed by atoms with Crippen LogP contribution in [-0.4, -0.2) is 33.6 Å². The highest BCUT2D eigenvalue weighted by Gasteiger charge is 2.18. The Labute approximate surface area is 178 Å². The van der Waals surface area contributed by atoms with Crippen molar-refractivity contribution in [3.63, 3.8) is 0 Å². The van der Waals surface area contributed by atoms with Gasteiger partial charge in [0, 0.05) is 5.02 Å². The molecule has 1 unspecified atom stereocenters. The smallest absolute Gasteiger partial charge is 0.230 e. The number of hydrogen-bond acceptors (Lipinski definition) is 6. The molecule has 152 valence electrons. The molecule has 0 aliphatic carbocycles. The van der Waals surface area contributed by atoms with Gasteiger partial charge in [0.1, 0.15) is 5.75 Å². The highest BCUT2D eigenvalue weighted by atomic mass is 35.5. The van der Waals surface area contributed by atoms with E-state index in [0.717, 1.165) is 17.5 Å². The second-order valence-electron chi connectivity index (χ2n) is 6.25. The van der Waals surface area contributed by atoms with Crippen LogP contribution < -0.4 is 15.9 Å². The molecule has 1 aromatic heterocycles. The third kappa shape index (κ3) is 5.02. The second kappa shape index (κ2) is 9.67. The molecule has 0 saturated carbocycles. The molecule has 3 aromatic rings. The molecular formula is C20H22ClN5O2S. The average Bonchev–Trinajstić information content (AvgIpc) is 3.11. The minimum Gasteiger partial charge on any atom is -0.496 e. The third-order valence-corrected chi connectivity index (χ3v) is 5.56. The zero-order valence-corrected chi connectivity index (χ0v) is 17.7. The van der Waals surface area contributed by atoms with Crippen molar-refractivity contribution in [2.24, 2.45) is 0 Å². The normalized spacial score (nSPS) is 11.8. The maximum absolute atomic E-state index is 12.4. The van der Waals surface area contributed by atoms with Gasteiger partial charge in [0.15, 0.2) is 5.82 Å². The van der Waals surface area contributed by atoms with E-state index in [1.54, 1.807) is 7.11 Å². The van der Waals surface area contributed by atoms with Gasteiger partial charge in [-0.05, 0) is 36.2 Å². The van der Waals surface area contributed by atoms with Crippen LogP contribution in [-0.2, 0) is 4.79 Å². The third-order valence-electron chi connectivity index (χ3n) is 4.36. The molecule has 29 heavy (non-hydrogen) atoms. The van der Waals surface area contributed by atoms with Gasteiger partial charge in [-0.2, -0.15) is 0 Å². The number of nitrogens with zero attached hydrogens (tertiary/aromatic N) is 3. The van der Waals surface area contributed by atoms with Gasteiger partial charge < -0.3 is 15.9 Å². The molecule has 0 aliphatic rings. The summed E-state index contributed by atoms with van der Waals surface area (Å²) in [5, 5.41) is 12.4. The van der Waals surface area contributed by atoms with E-state index >= 15 is 0 Å². The number of thioether (sulfide) groups is 1. The quantitative estimate of drug-likeness (QED) is 0.417. The molecular weight excluding hydrogens is 410 g/mol. The number of para-hydroxylation sites is 1. The first-order chi connectivity index (χ1) is 14.0. The molecule has 0 saturated heterocycles. The predicted octanol–water partition coefficient (Wildman–Crippen LogP) is 3.68. The van der Waals surface area contributed by atoms with Gasteiger partial charge in [-0.3, -0.25) is 4.79 Å². The number of halogens is 1. The van der Waals surface area contributed by atoms with E-state index in [0.29, 0.717) is 21.8 Å². The van der Waals surface area contributed by atoms with E-state index < -0.39 is 0 Å². The molecule has 0 radical (unpaired) electrons. The average molecular weight is 432 g/mol. The van der Waals surface area contributed by atoms with Crippen LogP contribution in [0.15, 0.2) is 53.7 Å². The van der Waals surface area contributed by atoms with Gasteiger partial charge in [-0.15, -0.1) is 10.2 Å². The van der Waals surface area contributed by atoms with Crippen LogP contribution in [0.3, 0.4) is 0 Å². The number of amides is 1. The van der Waals surface area contributed by atoms with Gasteiger partial charge in [0.05, 0.1) is 24.5 Å². The van der Waals surface area contributed by atoms with Gasteiger partial charge >= 0.3 is 0 Å². The summed E-state index contributed by atoms with van der Waals surface area (Å²) in [5.74, 6) is 7.33. The Morgan fingerprint density at radius 1 is 1.24 bits per heavy atom. The summed E-state index contributed by atoms with van der Waals surface area (Å²) in [4.78, 5) is 12.4. The first-order valence-electron chi connectivity index (χ1n) is 9.05. The number of nitrogens with one attached hydrogen (secondary N) is 1. The number of carbonyl (C=O) groups excluding carboxylic acids is 1. The van der Waals surface area contributed by atoms with E-state index in [1.165, 1.54) is 16.4 Å². The lowest BCUT2D eigenvalue weighted by molar-refractivity contribution is -0.119. The van der Waals surface area contributed by atoms with Gasteiger partial charge in [0.2, 0.25) is 11.1 Å². The Balaban J connectivity index is 1.65. The molecule has 3 rings (SSSR count). The van der Waals surface area contributed by atoms with Gasteiger partial charge in [-0.25, -0.2) is 4.68 Å². The standard InChI is InChI=1S/C20H22ClN5O2S/c1-3-16(13-8-10-14(21)11-9-13)23-18(27)12-29-20-25-24-19(26(20)22)15-6-4-5-7-17(15)28-2/h4-11,16H,3,12,22H2,1-2H3,(H,23,27). The largest absolute Gasteiger partial charge is 0.496 e. The van der Waals surface area contributed by atoms with Crippen LogP contribution in [0.4, 0.5) is 0 Å². The number of rotatable bonds is 8. The summed E-state index contributed by atoms with van der Waals surface area (Å²) in [6.07, 6.45) is 0.767. The first kappa shape index (κ1) is 21.0. The molecule has 0 fully saturated rings. The summed E-state index contributed by atoms with van der Waals surface area (Å²) in [7, 11) is 1.58. The van der Waals surface area contributed by atoms with E-state index in [-0.39, 0.29) is 17.7 Å². The Hall–Kier alpha value is -2.71. The summed E-state index contributed by atoms with van der Waals surface area (Å²) >= 11 is 7.16. The van der Waals surface area contributed by atoms with Crippen molar-refractivity contribution >= 4 is 29.3 Å². The Kier molecular flexibility index (Phi) is 7.00. The monoisotopic (exact) mass is 431 g/mol. The summed E-state index contributed by atoms with van der Waals surface area (Å²) in [6, 6.07) is 14.8. The van der Waals surface area contributed by atoms with E-state index in [1.807, 2.05) is 55.5 Å². The topological polar surface area (TPSA) is 95.1 Å². The first-order valence-corrected chi connectivity index (χ1v) is 10.4. The Morgan fingerprint density at radius 2 is 1.97 bits per heavy atom. The fourth-order valence-corrected chi connectivity index (χ4v) is 3.66. The number of nitrogen functional groups attached to an aromatic ring is 1. The lowest BCUT2D eigenvalue weighted by Crippen LogP contribution is -2.29. The molecule has 9 heteroatoms. The lowest BCUT2D eigenvalue weighted by atomic mass is 10.0. The van der Waals surface area contributed by atoms with Crippen LogP contribution in [0.1, 0.15) is 24.9 Å². The summed E-state index contributed by atoms with van der Waals surface area (Å²) in [5.41, 5.74) is 1.74. The maximum atomic E-state index is 12.4. The molecule has 0 spiro atoms. The SMILES string of the molecule is CCC(NC(=O)CSc1nnc(-c2ccccc2OC)n1N)c1ccc(Cl)cc1. The molecule has 1 heterocycles. The van der Waals surface area contributed by atoms with E-state index in [4.69, 9.17) is 22.2 Å². The zero-order valence-electron chi connectivity index (χ0n) is 16.1. The van der Waals surface area contributed by atoms with E-state index in [9.17, 15) is 4.79 Å². The predicted molar refractivity (Wildman–Crippen MR) is 116 cm³/mol. The molecule has 0 bridgehead atoms. The van der Waals surface area contributed by atoms with Crippen molar-refractivity contribution in [1.82, 2.24) is 20.2 Å². The number of nitrogens with two attached hydrogens (primary N) is 1. The van der Waals surface area contributed by atoms with Crippen LogP contribution in [0, 0.1) is 0 Å². The number of carbonyl (C=O) groups is 1. The molecule has 3 N–H and O–H groups in total. The molecule has 0 aliphatic heterocycles. The fraction of sp³-hybridized carbons (Fsp3) is 0.250. The summed E-state index contributed by atoms with van der Waals surface area (Å²) in [6.45, 7) is 2.02. The van der Waals surface area contributed by atoms with Crippen molar-refractivity contribution in [1.29, 1.82) is 0 Å². The van der Waals surface area contributed by atoms with Crippen LogP contribution in [0.2, 0.25) is 5.02 Å². The molecule has 1 amide bonds. The number of ether oxygens (including phenoxy) is 1. The Morgan fingerprint density at radius 3 is 2.66 bits per heavy atom. The zero-order chi connectivity index (χ0) is 20.8. The van der Waals surface area contributed by atoms with Crippen molar-refractivity contribution < 1.29 is 9.53 Å². The Bertz CT molecular complexity index is 977. The molecule has 7 nitrogen and oxygen atoms in total. The van der Waals surface area contributed by atoms with Gasteiger partial charge in [-0.1, -0.05) is 54.6 Å². The van der Waals surface area contributed by atoms with Crippen molar-refractivity contribution in [2.45, 2.75) is 24.5 Å². The number of benzene rings is 2. The minimum atomic E-state index is -0.112. The van der Waals surface area contributed by atoms with E-state index in [2.05, 4.69) is 15.5 Å². The summed E-state index contributed by atoms with van der Waals surface area (Å²) < 4.78 is 6.72. The number of methoxy groups -OCH3 is 1. The van der Waals surface area contributed by atoms with Crippen molar-refractivity contribution in [3.05, 3.63) is 59.1 Å². The van der Waals surface area contributed by atoms with Crippen molar-refractivity contribution in [2.75, 3.05) is 18.7 Å². The van der Waals surface area contributed by atoms with Crippen molar-refractivity contribution in [3.8, 4) is 17.1 Å². The van der Waals surface area contributed by atoms with Crippen LogP contribution in [0.25, 0.3) is 11.4 Å². The second-order valence-corrected chi connectivity index (χ2v) is 7.62. The van der Waals surface area contributed by atoms with Crippen LogP contribution in [0.5, 0.6) is 5.75 Å². The number of hydrogen-bond donors (Lipinski definition) is 2. The maximum Gasteiger partial charge on any atom is 0.230 e. The fourth-order valence-electron chi connectivity index (χ4n) is 2.87. The lowest BCUT2D eigenvalue weighted by Gasteiger charge is -2.17.